The number of fused-ring (bicyclic) bond motifs is 1. The third kappa shape index (κ3) is 4.98. The summed E-state index contributed by atoms with van der Waals surface area (Å²) in [5, 5.41) is 0.668. The van der Waals surface area contributed by atoms with Gasteiger partial charge >= 0.3 is 10.1 Å². The van der Waals surface area contributed by atoms with Crippen LogP contribution in [0.1, 0.15) is 19.3 Å². The number of rotatable bonds is 6. The van der Waals surface area contributed by atoms with Crippen molar-refractivity contribution < 1.29 is 25.8 Å². The number of hydrogen-bond acceptors (Lipinski definition) is 10. The number of anilines is 1. The van der Waals surface area contributed by atoms with E-state index in [1.54, 1.807) is 6.07 Å². The van der Waals surface area contributed by atoms with Gasteiger partial charge in [-0.1, -0.05) is 12.1 Å². The number of nitrogens with two attached hydrogens (primary N) is 1. The summed E-state index contributed by atoms with van der Waals surface area (Å²) >= 11 is 0. The highest BCUT2D eigenvalue weighted by atomic mass is 32.2. The molecule has 3 heterocycles. The number of aromatic nitrogens is 2. The number of nitrogens with zero attached hydrogens (tertiary/aromatic N) is 4. The Kier molecular flexibility index (Phi) is 6.54. The van der Waals surface area contributed by atoms with Crippen molar-refractivity contribution in [2.45, 2.75) is 41.1 Å². The van der Waals surface area contributed by atoms with Gasteiger partial charge in [0.25, 0.3) is 0 Å². The zero-order valence-corrected chi connectivity index (χ0v) is 21.8. The molecule has 1 aromatic heterocycles. The minimum absolute atomic E-state index is 0.0182. The van der Waals surface area contributed by atoms with Gasteiger partial charge in [-0.3, -0.25) is 4.79 Å². The SMILES string of the molecule is CS(=O)(=O)c1ccccc1S(=O)(=O)Oc1ccc2c(N3C[C@H](N)[C@@H](N4CCCCC4=O)C3)ncnc2c1. The third-order valence-electron chi connectivity index (χ3n) is 6.70. The van der Waals surface area contributed by atoms with Crippen LogP contribution in [0.15, 0.2) is 58.6 Å². The van der Waals surface area contributed by atoms with Crippen LogP contribution in [0.25, 0.3) is 10.9 Å². The van der Waals surface area contributed by atoms with Crippen molar-refractivity contribution in [1.82, 2.24) is 14.9 Å². The number of hydrogen-bond donors (Lipinski definition) is 1. The zero-order valence-electron chi connectivity index (χ0n) is 20.1. The van der Waals surface area contributed by atoms with E-state index >= 15 is 0 Å². The molecule has 13 heteroatoms. The molecule has 37 heavy (non-hydrogen) atoms. The molecule has 2 N–H and O–H groups in total. The monoisotopic (exact) mass is 545 g/mol. The van der Waals surface area contributed by atoms with Crippen LogP contribution in [0.5, 0.6) is 5.75 Å². The molecule has 2 fully saturated rings. The molecule has 196 valence electrons. The maximum Gasteiger partial charge on any atom is 0.340 e. The van der Waals surface area contributed by atoms with Crippen LogP contribution >= 0.6 is 0 Å². The fraction of sp³-hybridized carbons (Fsp3) is 0.375. The molecule has 2 aliphatic heterocycles. The van der Waals surface area contributed by atoms with Gasteiger partial charge in [-0.05, 0) is 37.1 Å². The van der Waals surface area contributed by atoms with Crippen LogP contribution in [0.3, 0.4) is 0 Å². The summed E-state index contributed by atoms with van der Waals surface area (Å²) in [7, 11) is -8.24. The Hall–Kier alpha value is -3.29. The molecular formula is C24H27N5O6S2. The minimum atomic E-state index is -4.44. The van der Waals surface area contributed by atoms with Crippen molar-refractivity contribution in [1.29, 1.82) is 0 Å². The quantitative estimate of drug-likeness (QED) is 0.449. The molecule has 2 atom stereocenters. The lowest BCUT2D eigenvalue weighted by Crippen LogP contribution is -2.51. The maximum atomic E-state index is 13.0. The number of benzene rings is 2. The summed E-state index contributed by atoms with van der Waals surface area (Å²) in [5.41, 5.74) is 6.87. The first-order chi connectivity index (χ1) is 17.5. The van der Waals surface area contributed by atoms with Gasteiger partial charge in [0, 0.05) is 49.8 Å². The van der Waals surface area contributed by atoms with Crippen molar-refractivity contribution in [2.24, 2.45) is 5.73 Å². The van der Waals surface area contributed by atoms with Crippen LogP contribution in [0.4, 0.5) is 5.82 Å². The van der Waals surface area contributed by atoms with Crippen LogP contribution in [-0.2, 0) is 24.7 Å². The Balaban J connectivity index is 1.42. The second kappa shape index (κ2) is 9.54. The third-order valence-corrected chi connectivity index (χ3v) is 9.29. The van der Waals surface area contributed by atoms with Crippen LogP contribution < -0.4 is 14.8 Å². The Bertz CT molecular complexity index is 1580. The van der Waals surface area contributed by atoms with E-state index in [-0.39, 0.29) is 28.6 Å². The average Bonchev–Trinajstić information content (AvgIpc) is 3.24. The van der Waals surface area contributed by atoms with Crippen LogP contribution in [0.2, 0.25) is 0 Å². The largest absolute Gasteiger partial charge is 0.379 e. The molecule has 0 spiro atoms. The minimum Gasteiger partial charge on any atom is -0.379 e. The predicted molar refractivity (Wildman–Crippen MR) is 136 cm³/mol. The molecule has 0 saturated carbocycles. The summed E-state index contributed by atoms with van der Waals surface area (Å²) in [6, 6.07) is 9.53. The zero-order chi connectivity index (χ0) is 26.4. The molecule has 0 radical (unpaired) electrons. The fourth-order valence-corrected chi connectivity index (χ4v) is 7.48. The van der Waals surface area contributed by atoms with Gasteiger partial charge in [-0.2, -0.15) is 8.42 Å². The first-order valence-corrected chi connectivity index (χ1v) is 15.1. The predicted octanol–water partition coefficient (Wildman–Crippen LogP) is 1.33. The summed E-state index contributed by atoms with van der Waals surface area (Å²) in [6.45, 7) is 1.75. The molecular weight excluding hydrogens is 518 g/mol. The topological polar surface area (TPSA) is 153 Å². The summed E-state index contributed by atoms with van der Waals surface area (Å²) in [5.74, 6) is 0.737. The van der Waals surface area contributed by atoms with Crippen molar-refractivity contribution in [3.63, 3.8) is 0 Å². The second-order valence-electron chi connectivity index (χ2n) is 9.31. The molecule has 1 amide bonds. The van der Waals surface area contributed by atoms with E-state index in [2.05, 4.69) is 9.97 Å². The molecule has 5 rings (SSSR count). The number of piperidine rings is 1. The number of carbonyl (C=O) groups is 1. The van der Waals surface area contributed by atoms with Gasteiger partial charge in [0.1, 0.15) is 22.8 Å². The van der Waals surface area contributed by atoms with E-state index in [0.29, 0.717) is 42.8 Å². The first kappa shape index (κ1) is 25.4. The van der Waals surface area contributed by atoms with Crippen LogP contribution in [-0.4, -0.2) is 75.6 Å². The van der Waals surface area contributed by atoms with Gasteiger partial charge in [0.2, 0.25) is 5.91 Å². The molecule has 0 unspecified atom stereocenters. The van der Waals surface area contributed by atoms with Gasteiger partial charge in [-0.15, -0.1) is 0 Å². The highest BCUT2D eigenvalue weighted by molar-refractivity contribution is 7.92. The summed E-state index contributed by atoms with van der Waals surface area (Å²) in [4.78, 5) is 24.3. The standard InChI is InChI=1S/C24H27N5O6S2/c1-36(31,32)21-6-2-3-7-22(21)37(33,34)35-16-9-10-17-19(12-16)26-15-27-24(17)28-13-18(25)20(14-28)29-11-5-4-8-23(29)30/h2-3,6-7,9-10,12,15,18,20H,4-5,8,11,13-14,25H2,1H3/t18-,20-/m0/s1. The molecule has 0 bridgehead atoms. The molecule has 3 aromatic rings. The Morgan fingerprint density at radius 2 is 1.76 bits per heavy atom. The van der Waals surface area contributed by atoms with Gasteiger partial charge in [0.15, 0.2) is 9.84 Å². The lowest BCUT2D eigenvalue weighted by atomic mass is 10.1. The number of carbonyl (C=O) groups excluding carboxylic acids is 1. The summed E-state index contributed by atoms with van der Waals surface area (Å²) in [6.07, 6.45) is 4.72. The van der Waals surface area contributed by atoms with Gasteiger partial charge < -0.3 is 19.7 Å². The van der Waals surface area contributed by atoms with Gasteiger partial charge in [-0.25, -0.2) is 18.4 Å². The normalized spacial score (nSPS) is 21.0. The fourth-order valence-electron chi connectivity index (χ4n) is 4.95. The van der Waals surface area contributed by atoms with Crippen molar-refractivity contribution >= 4 is 42.6 Å². The first-order valence-electron chi connectivity index (χ1n) is 11.8. The maximum absolute atomic E-state index is 13.0. The number of likely N-dealkylation sites (tertiary alicyclic amines) is 1. The second-order valence-corrected chi connectivity index (χ2v) is 12.8. The summed E-state index contributed by atoms with van der Waals surface area (Å²) < 4.78 is 55.4. The Labute approximate surface area is 215 Å². The van der Waals surface area contributed by atoms with Crippen molar-refractivity contribution in [3.8, 4) is 5.75 Å². The Morgan fingerprint density at radius 3 is 2.49 bits per heavy atom. The van der Waals surface area contributed by atoms with E-state index in [1.807, 2.05) is 9.80 Å². The van der Waals surface area contributed by atoms with Crippen molar-refractivity contribution in [2.75, 3.05) is 30.8 Å². The lowest BCUT2D eigenvalue weighted by molar-refractivity contribution is -0.135. The molecule has 2 aliphatic rings. The number of sulfone groups is 1. The van der Waals surface area contributed by atoms with Gasteiger partial charge in [0.05, 0.1) is 16.5 Å². The van der Waals surface area contributed by atoms with E-state index in [0.717, 1.165) is 19.1 Å². The molecule has 11 nitrogen and oxygen atoms in total. The van der Waals surface area contributed by atoms with E-state index in [9.17, 15) is 21.6 Å². The highest BCUT2D eigenvalue weighted by Crippen LogP contribution is 2.32. The number of amides is 1. The Morgan fingerprint density at radius 1 is 1.00 bits per heavy atom. The molecule has 2 saturated heterocycles. The smallest absolute Gasteiger partial charge is 0.340 e. The lowest BCUT2D eigenvalue weighted by Gasteiger charge is -2.34. The van der Waals surface area contributed by atoms with E-state index < -0.39 is 24.9 Å². The molecule has 2 aromatic carbocycles. The van der Waals surface area contributed by atoms with E-state index in [1.165, 1.54) is 42.7 Å². The highest BCUT2D eigenvalue weighted by Gasteiger charge is 2.38. The molecule has 0 aliphatic carbocycles. The van der Waals surface area contributed by atoms with Crippen molar-refractivity contribution in [3.05, 3.63) is 48.8 Å². The van der Waals surface area contributed by atoms with Crippen LogP contribution in [0, 0.1) is 0 Å². The average molecular weight is 546 g/mol. The van der Waals surface area contributed by atoms with E-state index in [4.69, 9.17) is 9.92 Å².